The van der Waals surface area contributed by atoms with Gasteiger partial charge in [-0.1, -0.05) is 60.7 Å². The van der Waals surface area contributed by atoms with Gasteiger partial charge in [-0.15, -0.1) is 0 Å². The normalized spacial score (nSPS) is 10.0. The van der Waals surface area contributed by atoms with Gasteiger partial charge in [-0.05, 0) is 47.5 Å². The van der Waals surface area contributed by atoms with Crippen molar-refractivity contribution in [3.05, 3.63) is 119 Å². The number of hydrogen-bond donors (Lipinski definition) is 0. The number of ketones is 1. The van der Waals surface area contributed by atoms with E-state index in [4.69, 9.17) is 20.0 Å². The van der Waals surface area contributed by atoms with Gasteiger partial charge in [-0.25, -0.2) is 4.79 Å². The molecule has 0 heterocycles. The summed E-state index contributed by atoms with van der Waals surface area (Å²) in [4.78, 5) is 25.0. The third kappa shape index (κ3) is 5.60. The van der Waals surface area contributed by atoms with Crippen molar-refractivity contribution in [2.24, 2.45) is 0 Å². The highest BCUT2D eigenvalue weighted by atomic mass is 16.5. The summed E-state index contributed by atoms with van der Waals surface area (Å²) in [5, 5.41) is 18.2. The highest BCUT2D eigenvalue weighted by Crippen LogP contribution is 2.25. The highest BCUT2D eigenvalue weighted by Gasteiger charge is 2.13. The van der Waals surface area contributed by atoms with Gasteiger partial charge in [-0.2, -0.15) is 10.5 Å². The number of rotatable bonds is 7. The Morgan fingerprint density at radius 1 is 0.657 bits per heavy atom. The number of Topliss-reactive ketones (excluding diaryl/α,β-unsaturated/α-hetero) is 1. The van der Waals surface area contributed by atoms with Gasteiger partial charge < -0.3 is 9.47 Å². The summed E-state index contributed by atoms with van der Waals surface area (Å²) >= 11 is 0. The molecule has 4 rings (SSSR count). The molecule has 0 aromatic heterocycles. The molecule has 0 aliphatic rings. The quantitative estimate of drug-likeness (QED) is 0.251. The van der Waals surface area contributed by atoms with Crippen molar-refractivity contribution in [1.82, 2.24) is 0 Å². The molecule has 0 amide bonds. The summed E-state index contributed by atoms with van der Waals surface area (Å²) in [6.07, 6.45) is 0. The van der Waals surface area contributed by atoms with E-state index in [1.54, 1.807) is 36.4 Å². The number of nitriles is 2. The first-order valence-corrected chi connectivity index (χ1v) is 10.7. The third-order valence-electron chi connectivity index (χ3n) is 5.19. The fraction of sp³-hybridized carbons (Fsp3) is 0.0345. The number of carbonyl (C=O) groups excluding carboxylic acids is 2. The van der Waals surface area contributed by atoms with E-state index in [-0.39, 0.29) is 22.5 Å². The zero-order valence-corrected chi connectivity index (χ0v) is 18.5. The van der Waals surface area contributed by atoms with Crippen molar-refractivity contribution in [2.75, 3.05) is 6.61 Å². The first-order chi connectivity index (χ1) is 17.1. The average Bonchev–Trinajstić information content (AvgIpc) is 2.92. The Balaban J connectivity index is 1.38. The van der Waals surface area contributed by atoms with E-state index in [0.717, 1.165) is 11.1 Å². The fourth-order valence-electron chi connectivity index (χ4n) is 3.38. The minimum atomic E-state index is -0.665. The molecule has 6 nitrogen and oxygen atoms in total. The SMILES string of the molecule is N#Cc1ccc(Oc2cccc(C(=O)OCC(=O)c3ccc(-c4ccccc4)cc3)c2)cc1C#N. The predicted molar refractivity (Wildman–Crippen MR) is 129 cm³/mol. The summed E-state index contributed by atoms with van der Waals surface area (Å²) in [5.41, 5.74) is 3.13. The number of ether oxygens (including phenoxy) is 2. The van der Waals surface area contributed by atoms with Crippen LogP contribution in [0.4, 0.5) is 0 Å². The summed E-state index contributed by atoms with van der Waals surface area (Å²) in [7, 11) is 0. The summed E-state index contributed by atoms with van der Waals surface area (Å²) in [5.74, 6) is -0.287. The van der Waals surface area contributed by atoms with Crippen LogP contribution in [0.15, 0.2) is 97.1 Å². The highest BCUT2D eigenvalue weighted by molar-refractivity contribution is 5.99. The van der Waals surface area contributed by atoms with Gasteiger partial charge in [0.1, 0.15) is 23.6 Å². The van der Waals surface area contributed by atoms with Crippen LogP contribution in [0.25, 0.3) is 11.1 Å². The molecule has 0 unspecified atom stereocenters. The number of nitrogens with zero attached hydrogens (tertiary/aromatic N) is 2. The molecule has 0 atom stereocenters. The lowest BCUT2D eigenvalue weighted by atomic mass is 10.0. The second-order valence-corrected chi connectivity index (χ2v) is 7.50. The maximum absolute atomic E-state index is 12.5. The van der Waals surface area contributed by atoms with E-state index in [9.17, 15) is 9.59 Å². The first-order valence-electron chi connectivity index (χ1n) is 10.7. The van der Waals surface area contributed by atoms with Crippen LogP contribution in [-0.2, 0) is 4.74 Å². The average molecular weight is 458 g/mol. The molecule has 0 radical (unpaired) electrons. The van der Waals surface area contributed by atoms with Gasteiger partial charge in [0.15, 0.2) is 12.4 Å². The first kappa shape index (κ1) is 23.0. The second kappa shape index (κ2) is 10.6. The largest absolute Gasteiger partial charge is 0.457 e. The van der Waals surface area contributed by atoms with E-state index < -0.39 is 12.6 Å². The van der Waals surface area contributed by atoms with Gasteiger partial charge in [0.2, 0.25) is 0 Å². The molecule has 0 aliphatic carbocycles. The Morgan fingerprint density at radius 3 is 2.06 bits per heavy atom. The molecule has 0 N–H and O–H groups in total. The van der Waals surface area contributed by atoms with Gasteiger partial charge in [0, 0.05) is 5.56 Å². The minimum Gasteiger partial charge on any atom is -0.457 e. The van der Waals surface area contributed by atoms with Crippen molar-refractivity contribution < 1.29 is 19.1 Å². The maximum Gasteiger partial charge on any atom is 0.338 e. The molecule has 35 heavy (non-hydrogen) atoms. The molecule has 4 aromatic carbocycles. The van der Waals surface area contributed by atoms with E-state index in [1.165, 1.54) is 18.2 Å². The van der Waals surface area contributed by atoms with Crippen molar-refractivity contribution in [3.63, 3.8) is 0 Å². The Kier molecular flexibility index (Phi) is 6.97. The number of hydrogen-bond acceptors (Lipinski definition) is 6. The molecule has 0 fully saturated rings. The molecule has 0 saturated heterocycles. The van der Waals surface area contributed by atoms with Crippen LogP contribution < -0.4 is 4.74 Å². The predicted octanol–water partition coefficient (Wildman–Crippen LogP) is 5.93. The van der Waals surface area contributed by atoms with Crippen molar-refractivity contribution >= 4 is 11.8 Å². The van der Waals surface area contributed by atoms with E-state index in [0.29, 0.717) is 17.1 Å². The topological polar surface area (TPSA) is 100 Å². The van der Waals surface area contributed by atoms with Crippen LogP contribution >= 0.6 is 0 Å². The van der Waals surface area contributed by atoms with Gasteiger partial charge in [0.05, 0.1) is 16.7 Å². The Morgan fingerprint density at radius 2 is 1.34 bits per heavy atom. The summed E-state index contributed by atoms with van der Waals surface area (Å²) in [6, 6.07) is 31.6. The number of esters is 1. The molecule has 0 saturated carbocycles. The van der Waals surface area contributed by atoms with E-state index >= 15 is 0 Å². The van der Waals surface area contributed by atoms with Gasteiger partial charge in [0.25, 0.3) is 0 Å². The van der Waals surface area contributed by atoms with Crippen molar-refractivity contribution in [3.8, 4) is 34.8 Å². The monoisotopic (exact) mass is 458 g/mol. The van der Waals surface area contributed by atoms with Crippen molar-refractivity contribution in [2.45, 2.75) is 0 Å². The number of benzene rings is 4. The zero-order valence-electron chi connectivity index (χ0n) is 18.5. The Bertz CT molecular complexity index is 1460. The number of carbonyl (C=O) groups is 2. The minimum absolute atomic E-state index is 0.191. The van der Waals surface area contributed by atoms with Crippen LogP contribution in [0.5, 0.6) is 11.5 Å². The fourth-order valence-corrected chi connectivity index (χ4v) is 3.38. The lowest BCUT2D eigenvalue weighted by Gasteiger charge is -2.09. The molecule has 6 heteroatoms. The van der Waals surface area contributed by atoms with E-state index in [2.05, 4.69) is 0 Å². The molecule has 4 aromatic rings. The molecule has 0 spiro atoms. The molecule has 168 valence electrons. The van der Waals surface area contributed by atoms with Gasteiger partial charge >= 0.3 is 5.97 Å². The van der Waals surface area contributed by atoms with E-state index in [1.807, 2.05) is 54.6 Å². The molecule has 0 aliphatic heterocycles. The molecular weight excluding hydrogens is 440 g/mol. The lowest BCUT2D eigenvalue weighted by molar-refractivity contribution is 0.0474. The lowest BCUT2D eigenvalue weighted by Crippen LogP contribution is -2.14. The zero-order chi connectivity index (χ0) is 24.6. The summed E-state index contributed by atoms with van der Waals surface area (Å²) < 4.78 is 10.9. The van der Waals surface area contributed by atoms with Crippen molar-refractivity contribution in [1.29, 1.82) is 10.5 Å². The standard InChI is InChI=1S/C29H18N2O4/c30-17-24-13-14-27(16-25(24)18-31)35-26-8-4-7-23(15-26)29(33)34-19-28(32)22-11-9-21(10-12-22)20-5-2-1-3-6-20/h1-16H,19H2. The van der Waals surface area contributed by atoms with Crippen LogP contribution in [0, 0.1) is 22.7 Å². The summed E-state index contributed by atoms with van der Waals surface area (Å²) in [6.45, 7) is -0.393. The van der Waals surface area contributed by atoms with Crippen LogP contribution in [0.2, 0.25) is 0 Å². The van der Waals surface area contributed by atoms with Crippen LogP contribution in [0.3, 0.4) is 0 Å². The van der Waals surface area contributed by atoms with Crippen LogP contribution in [-0.4, -0.2) is 18.4 Å². The second-order valence-electron chi connectivity index (χ2n) is 7.50. The van der Waals surface area contributed by atoms with Gasteiger partial charge in [-0.3, -0.25) is 4.79 Å². The maximum atomic E-state index is 12.5. The Hall–Kier alpha value is -5.20. The molecular formula is C29H18N2O4. The Labute approximate surface area is 202 Å². The molecule has 0 bridgehead atoms. The smallest absolute Gasteiger partial charge is 0.338 e. The van der Waals surface area contributed by atoms with Crippen LogP contribution in [0.1, 0.15) is 31.8 Å². The third-order valence-corrected chi connectivity index (χ3v) is 5.19.